The largest absolute Gasteiger partial charge is 0.366 e. The minimum absolute atomic E-state index is 0.0397. The van der Waals surface area contributed by atoms with E-state index in [1.54, 1.807) is 13.0 Å². The van der Waals surface area contributed by atoms with Gasteiger partial charge in [-0.1, -0.05) is 23.8 Å². The average molecular weight is 526 g/mol. The van der Waals surface area contributed by atoms with Crippen LogP contribution in [0.4, 0.5) is 11.4 Å². The summed E-state index contributed by atoms with van der Waals surface area (Å²) >= 11 is 1.06. The van der Waals surface area contributed by atoms with Gasteiger partial charge in [0.05, 0.1) is 17.1 Å². The zero-order chi connectivity index (χ0) is 25.8. The SMILES string of the molecule is Cc1nnsc1C(=O)Nc1cc(C(=O)N2CCNCC2)ccc1N1CCN(C(=O)C2CCCCC2)CC1. The molecule has 3 aliphatic rings. The molecule has 0 radical (unpaired) electrons. The van der Waals surface area contributed by atoms with Gasteiger partial charge in [-0.25, -0.2) is 0 Å². The predicted molar refractivity (Wildman–Crippen MR) is 143 cm³/mol. The molecule has 0 spiro atoms. The number of amides is 3. The Morgan fingerprint density at radius 1 is 0.973 bits per heavy atom. The van der Waals surface area contributed by atoms with Crippen molar-refractivity contribution in [2.75, 3.05) is 62.6 Å². The van der Waals surface area contributed by atoms with E-state index < -0.39 is 0 Å². The first-order valence-electron chi connectivity index (χ1n) is 13.3. The van der Waals surface area contributed by atoms with Crippen LogP contribution in [0.3, 0.4) is 0 Å². The molecule has 1 saturated carbocycles. The van der Waals surface area contributed by atoms with Gasteiger partial charge in [0.25, 0.3) is 11.8 Å². The molecule has 11 heteroatoms. The topological polar surface area (TPSA) is 111 Å². The van der Waals surface area contributed by atoms with Crippen molar-refractivity contribution >= 4 is 40.6 Å². The Morgan fingerprint density at radius 2 is 1.70 bits per heavy atom. The second kappa shape index (κ2) is 11.6. The molecule has 3 amide bonds. The molecule has 0 unspecified atom stereocenters. The van der Waals surface area contributed by atoms with Crippen molar-refractivity contribution in [2.45, 2.75) is 39.0 Å². The van der Waals surface area contributed by atoms with Crippen LogP contribution in [0.5, 0.6) is 0 Å². The number of aromatic nitrogens is 2. The van der Waals surface area contributed by atoms with E-state index in [4.69, 9.17) is 0 Å². The second-order valence-electron chi connectivity index (χ2n) is 10.1. The van der Waals surface area contributed by atoms with Crippen LogP contribution in [0.2, 0.25) is 0 Å². The Balaban J connectivity index is 1.34. The molecule has 198 valence electrons. The number of aryl methyl sites for hydroxylation is 1. The van der Waals surface area contributed by atoms with Crippen molar-refractivity contribution in [3.05, 3.63) is 34.3 Å². The maximum Gasteiger partial charge on any atom is 0.269 e. The number of anilines is 2. The van der Waals surface area contributed by atoms with Crippen LogP contribution in [-0.2, 0) is 4.79 Å². The summed E-state index contributed by atoms with van der Waals surface area (Å²) in [4.78, 5) is 45.8. The Labute approximate surface area is 221 Å². The van der Waals surface area contributed by atoms with E-state index in [1.165, 1.54) is 6.42 Å². The van der Waals surface area contributed by atoms with Crippen LogP contribution < -0.4 is 15.5 Å². The zero-order valence-corrected chi connectivity index (χ0v) is 22.2. The van der Waals surface area contributed by atoms with Crippen LogP contribution >= 0.6 is 11.5 Å². The number of carbonyl (C=O) groups excluding carboxylic acids is 3. The van der Waals surface area contributed by atoms with Gasteiger partial charge in [-0.3, -0.25) is 14.4 Å². The number of nitrogens with one attached hydrogen (secondary N) is 2. The van der Waals surface area contributed by atoms with Gasteiger partial charge in [0.1, 0.15) is 4.88 Å². The highest BCUT2D eigenvalue weighted by molar-refractivity contribution is 7.08. The van der Waals surface area contributed by atoms with Crippen molar-refractivity contribution in [2.24, 2.45) is 5.92 Å². The predicted octanol–water partition coefficient (Wildman–Crippen LogP) is 2.37. The van der Waals surface area contributed by atoms with E-state index in [1.807, 2.05) is 21.9 Å². The smallest absolute Gasteiger partial charge is 0.269 e. The molecule has 1 aromatic carbocycles. The van der Waals surface area contributed by atoms with Gasteiger partial charge in [-0.05, 0) is 49.5 Å². The molecule has 5 rings (SSSR count). The average Bonchev–Trinajstić information content (AvgIpc) is 3.39. The third-order valence-corrected chi connectivity index (χ3v) is 8.47. The van der Waals surface area contributed by atoms with Gasteiger partial charge >= 0.3 is 0 Å². The third-order valence-electron chi connectivity index (χ3n) is 7.64. The number of rotatable bonds is 5. The van der Waals surface area contributed by atoms with Crippen molar-refractivity contribution < 1.29 is 14.4 Å². The summed E-state index contributed by atoms with van der Waals surface area (Å²) in [5.41, 5.74) is 2.56. The molecule has 2 aliphatic heterocycles. The first-order valence-corrected chi connectivity index (χ1v) is 14.1. The lowest BCUT2D eigenvalue weighted by Crippen LogP contribution is -2.50. The van der Waals surface area contributed by atoms with E-state index in [2.05, 4.69) is 25.1 Å². The monoisotopic (exact) mass is 525 g/mol. The number of hydrogen-bond acceptors (Lipinski definition) is 8. The van der Waals surface area contributed by atoms with Crippen LogP contribution in [0.15, 0.2) is 18.2 Å². The zero-order valence-electron chi connectivity index (χ0n) is 21.4. The number of benzene rings is 1. The standard InChI is InChI=1S/C26H35N7O3S/c1-18-23(37-30-29-18)24(34)28-21-17-20(26(36)32-11-9-27-10-12-32)7-8-22(21)31-13-15-33(16-14-31)25(35)19-5-3-2-4-6-19/h7-8,17,19,27H,2-6,9-16H2,1H3,(H,28,34). The van der Waals surface area contributed by atoms with Crippen molar-refractivity contribution in [3.63, 3.8) is 0 Å². The Morgan fingerprint density at radius 3 is 2.38 bits per heavy atom. The molecule has 3 heterocycles. The summed E-state index contributed by atoms with van der Waals surface area (Å²) in [5, 5.41) is 10.2. The Bertz CT molecular complexity index is 1130. The maximum absolute atomic E-state index is 13.2. The molecule has 1 aliphatic carbocycles. The summed E-state index contributed by atoms with van der Waals surface area (Å²) in [6.45, 7) is 7.28. The molecular formula is C26H35N7O3S. The summed E-state index contributed by atoms with van der Waals surface area (Å²) in [6, 6.07) is 5.54. The Kier molecular flexibility index (Phi) is 7.99. The lowest BCUT2D eigenvalue weighted by Gasteiger charge is -2.39. The molecule has 10 nitrogen and oxygen atoms in total. The van der Waals surface area contributed by atoms with Crippen molar-refractivity contribution in [1.29, 1.82) is 0 Å². The van der Waals surface area contributed by atoms with Crippen LogP contribution in [0.1, 0.15) is 57.8 Å². The summed E-state index contributed by atoms with van der Waals surface area (Å²) in [5.74, 6) is 0.133. The van der Waals surface area contributed by atoms with Crippen LogP contribution in [0.25, 0.3) is 0 Å². The van der Waals surface area contributed by atoms with E-state index in [0.29, 0.717) is 61.1 Å². The fourth-order valence-electron chi connectivity index (χ4n) is 5.49. The van der Waals surface area contributed by atoms with E-state index in [9.17, 15) is 14.4 Å². The van der Waals surface area contributed by atoms with Gasteiger partial charge in [0, 0.05) is 63.8 Å². The highest BCUT2D eigenvalue weighted by Gasteiger charge is 2.30. The number of hydrogen-bond donors (Lipinski definition) is 2. The minimum Gasteiger partial charge on any atom is -0.366 e. The van der Waals surface area contributed by atoms with Crippen molar-refractivity contribution in [1.82, 2.24) is 24.7 Å². The Hall–Kier alpha value is -3.05. The second-order valence-corrected chi connectivity index (χ2v) is 10.8. The van der Waals surface area contributed by atoms with E-state index >= 15 is 0 Å². The first-order chi connectivity index (χ1) is 18.0. The van der Waals surface area contributed by atoms with Gasteiger partial charge in [-0.15, -0.1) is 5.10 Å². The molecule has 2 saturated heterocycles. The van der Waals surface area contributed by atoms with Gasteiger partial charge in [-0.2, -0.15) is 0 Å². The van der Waals surface area contributed by atoms with Gasteiger partial charge in [0.15, 0.2) is 0 Å². The van der Waals surface area contributed by atoms with E-state index in [0.717, 1.165) is 56.0 Å². The molecule has 2 aromatic rings. The molecule has 0 bridgehead atoms. The molecule has 0 atom stereocenters. The lowest BCUT2D eigenvalue weighted by atomic mass is 9.88. The van der Waals surface area contributed by atoms with Crippen molar-refractivity contribution in [3.8, 4) is 0 Å². The lowest BCUT2D eigenvalue weighted by molar-refractivity contribution is -0.136. The number of nitrogens with zero attached hydrogens (tertiary/aromatic N) is 5. The number of carbonyl (C=O) groups is 3. The molecule has 37 heavy (non-hydrogen) atoms. The highest BCUT2D eigenvalue weighted by Crippen LogP contribution is 2.31. The molecule has 3 fully saturated rings. The van der Waals surface area contributed by atoms with Gasteiger partial charge < -0.3 is 25.3 Å². The normalized spacial score (nSPS) is 19.1. The number of piperazine rings is 2. The summed E-state index contributed by atoms with van der Waals surface area (Å²) < 4.78 is 3.88. The molecular weight excluding hydrogens is 490 g/mol. The minimum atomic E-state index is -0.286. The molecule has 1 aromatic heterocycles. The third kappa shape index (κ3) is 5.77. The van der Waals surface area contributed by atoms with E-state index in [-0.39, 0.29) is 23.6 Å². The summed E-state index contributed by atoms with van der Waals surface area (Å²) in [6.07, 6.45) is 5.53. The van der Waals surface area contributed by atoms with Gasteiger partial charge in [0.2, 0.25) is 5.91 Å². The van der Waals surface area contributed by atoms with Crippen LogP contribution in [-0.4, -0.2) is 89.5 Å². The van der Waals surface area contributed by atoms with Crippen LogP contribution in [0, 0.1) is 12.8 Å². The fraction of sp³-hybridized carbons (Fsp3) is 0.577. The fourth-order valence-corrected chi connectivity index (χ4v) is 6.04. The quantitative estimate of drug-likeness (QED) is 0.617. The summed E-state index contributed by atoms with van der Waals surface area (Å²) in [7, 11) is 0. The highest BCUT2D eigenvalue weighted by atomic mass is 32.1. The molecule has 2 N–H and O–H groups in total. The first kappa shape index (κ1) is 25.6. The maximum atomic E-state index is 13.2.